The van der Waals surface area contributed by atoms with Gasteiger partial charge in [-0.1, -0.05) is 13.3 Å². The van der Waals surface area contributed by atoms with Gasteiger partial charge >= 0.3 is 0 Å². The zero-order valence-electron chi connectivity index (χ0n) is 7.82. The first-order valence-electron chi connectivity index (χ1n) is 3.96. The van der Waals surface area contributed by atoms with Gasteiger partial charge in [0.1, 0.15) is 6.10 Å². The summed E-state index contributed by atoms with van der Waals surface area (Å²) in [6, 6.07) is 0. The highest BCUT2D eigenvalue weighted by Gasteiger charge is 1.97. The summed E-state index contributed by atoms with van der Waals surface area (Å²) in [4.78, 5) is 9.89. The summed E-state index contributed by atoms with van der Waals surface area (Å²) in [5.41, 5.74) is 0. The predicted octanol–water partition coefficient (Wildman–Crippen LogP) is 0.0534. The molecule has 0 saturated carbocycles. The molecular weight excluding hydrogens is 160 g/mol. The summed E-state index contributed by atoms with van der Waals surface area (Å²) >= 11 is 0. The van der Waals surface area contributed by atoms with E-state index in [1.807, 2.05) is 6.92 Å². The second-order valence-electron chi connectivity index (χ2n) is 2.56. The Morgan fingerprint density at radius 3 is 1.67 bits per heavy atom. The molecule has 3 N–H and O–H groups in total. The summed E-state index contributed by atoms with van der Waals surface area (Å²) in [7, 11) is 0. The number of carbonyl (C=O) groups is 1. The Hall–Kier alpha value is -0.450. The fraction of sp³-hybridized carbons (Fsp3) is 0.875. The second-order valence-corrected chi connectivity index (χ2v) is 2.56. The molecule has 0 aromatic rings. The van der Waals surface area contributed by atoms with E-state index in [2.05, 4.69) is 0 Å². The Morgan fingerprint density at radius 1 is 1.33 bits per heavy atom. The first-order chi connectivity index (χ1) is 5.41. The third-order valence-corrected chi connectivity index (χ3v) is 1.14. The minimum atomic E-state index is -1.10. The average Bonchev–Trinajstić information content (AvgIpc) is 1.87. The van der Waals surface area contributed by atoms with Gasteiger partial charge in [-0.3, -0.25) is 4.79 Å². The van der Waals surface area contributed by atoms with Crippen LogP contribution in [0.2, 0.25) is 0 Å². The van der Waals surface area contributed by atoms with Crippen LogP contribution in [0, 0.1) is 0 Å². The van der Waals surface area contributed by atoms with Crippen LogP contribution in [0.4, 0.5) is 0 Å². The highest BCUT2D eigenvalue weighted by atomic mass is 16.5. The van der Waals surface area contributed by atoms with Crippen molar-refractivity contribution in [3.8, 4) is 0 Å². The Bertz CT molecular complexity index is 110. The molecule has 4 nitrogen and oxygen atoms in total. The molecule has 0 saturated heterocycles. The molecule has 0 bridgehead atoms. The molecule has 0 rings (SSSR count). The van der Waals surface area contributed by atoms with E-state index < -0.39 is 12.4 Å². The van der Waals surface area contributed by atoms with Crippen molar-refractivity contribution in [3.05, 3.63) is 0 Å². The highest BCUT2D eigenvalue weighted by molar-refractivity contribution is 5.79. The summed E-state index contributed by atoms with van der Waals surface area (Å²) < 4.78 is 0. The second kappa shape index (κ2) is 8.64. The number of carbonyl (C=O) groups excluding carboxylic acids is 1. The molecule has 0 spiro atoms. The van der Waals surface area contributed by atoms with Crippen LogP contribution in [0.25, 0.3) is 0 Å². The highest BCUT2D eigenvalue weighted by Crippen LogP contribution is 1.88. The molecule has 0 aromatic carbocycles. The minimum Gasteiger partial charge on any atom is -0.386 e. The fourth-order valence-corrected chi connectivity index (χ4v) is 0.258. The third-order valence-electron chi connectivity index (χ3n) is 1.14. The Labute approximate surface area is 72.8 Å². The number of ketones is 1. The van der Waals surface area contributed by atoms with Crippen molar-refractivity contribution < 1.29 is 20.1 Å². The van der Waals surface area contributed by atoms with Crippen LogP contribution in [-0.2, 0) is 4.79 Å². The van der Waals surface area contributed by atoms with Crippen LogP contribution in [0.15, 0.2) is 0 Å². The lowest BCUT2D eigenvalue weighted by atomic mass is 10.3. The lowest BCUT2D eigenvalue weighted by molar-refractivity contribution is -0.124. The van der Waals surface area contributed by atoms with Gasteiger partial charge in [0.25, 0.3) is 0 Å². The van der Waals surface area contributed by atoms with Crippen LogP contribution in [0.5, 0.6) is 0 Å². The van der Waals surface area contributed by atoms with Crippen molar-refractivity contribution in [2.24, 2.45) is 0 Å². The molecule has 74 valence electrons. The van der Waals surface area contributed by atoms with E-state index in [0.717, 1.165) is 6.42 Å². The van der Waals surface area contributed by atoms with Crippen molar-refractivity contribution in [1.82, 2.24) is 0 Å². The number of aliphatic hydroxyl groups is 3. The molecule has 1 atom stereocenters. The van der Waals surface area contributed by atoms with Gasteiger partial charge in [0.15, 0.2) is 12.1 Å². The Morgan fingerprint density at radius 2 is 1.67 bits per heavy atom. The van der Waals surface area contributed by atoms with Gasteiger partial charge in [-0.15, -0.1) is 0 Å². The largest absolute Gasteiger partial charge is 0.386 e. The fourth-order valence-electron chi connectivity index (χ4n) is 0.258. The smallest absolute Gasteiger partial charge is 0.157 e. The summed E-state index contributed by atoms with van der Waals surface area (Å²) in [6.45, 7) is 4.70. The van der Waals surface area contributed by atoms with Gasteiger partial charge in [-0.05, 0) is 20.3 Å². The van der Waals surface area contributed by atoms with Crippen molar-refractivity contribution in [3.63, 3.8) is 0 Å². The Balaban J connectivity index is 0. The van der Waals surface area contributed by atoms with Crippen LogP contribution < -0.4 is 0 Å². The first-order valence-corrected chi connectivity index (χ1v) is 3.96. The van der Waals surface area contributed by atoms with Gasteiger partial charge in [-0.25, -0.2) is 0 Å². The minimum absolute atomic E-state index is 0.185. The maximum absolute atomic E-state index is 9.89. The maximum atomic E-state index is 9.89. The van der Waals surface area contributed by atoms with Gasteiger partial charge < -0.3 is 15.3 Å². The summed E-state index contributed by atoms with van der Waals surface area (Å²) in [6.07, 6.45) is -0.572. The van der Waals surface area contributed by atoms with Crippen molar-refractivity contribution in [2.75, 3.05) is 0 Å². The van der Waals surface area contributed by atoms with Crippen LogP contribution in [-0.4, -0.2) is 33.5 Å². The summed E-state index contributed by atoms with van der Waals surface area (Å²) in [5.74, 6) is -0.185. The molecule has 12 heavy (non-hydrogen) atoms. The van der Waals surface area contributed by atoms with Gasteiger partial charge in [0.2, 0.25) is 0 Å². The summed E-state index contributed by atoms with van der Waals surface area (Å²) in [5, 5.41) is 24.5. The molecule has 0 aromatic heterocycles. The molecule has 0 aliphatic carbocycles. The van der Waals surface area contributed by atoms with E-state index in [4.69, 9.17) is 15.3 Å². The van der Waals surface area contributed by atoms with Gasteiger partial charge in [0, 0.05) is 0 Å². The quantitative estimate of drug-likeness (QED) is 0.534. The average molecular weight is 178 g/mol. The van der Waals surface area contributed by atoms with Crippen LogP contribution >= 0.6 is 0 Å². The van der Waals surface area contributed by atoms with Gasteiger partial charge in [0.05, 0.1) is 0 Å². The molecule has 4 heteroatoms. The zero-order chi connectivity index (χ0) is 10.1. The van der Waals surface area contributed by atoms with E-state index in [9.17, 15) is 4.79 Å². The number of aliphatic hydroxyl groups excluding tert-OH is 2. The normalized spacial score (nSPS) is 11.9. The molecular formula is C8H18O4. The maximum Gasteiger partial charge on any atom is 0.157 e. The predicted molar refractivity (Wildman–Crippen MR) is 45.5 cm³/mol. The van der Waals surface area contributed by atoms with Crippen LogP contribution in [0.1, 0.15) is 33.6 Å². The van der Waals surface area contributed by atoms with E-state index in [1.54, 1.807) is 0 Å². The molecule has 0 aliphatic heterocycles. The number of hydrogen-bond acceptors (Lipinski definition) is 4. The number of Topliss-reactive ketones (excluding diaryl/α,β-unsaturated/α-hetero) is 1. The van der Waals surface area contributed by atoms with Crippen molar-refractivity contribution in [2.45, 2.75) is 46.0 Å². The van der Waals surface area contributed by atoms with Crippen LogP contribution in [0.3, 0.4) is 0 Å². The van der Waals surface area contributed by atoms with E-state index in [-0.39, 0.29) is 5.78 Å². The third kappa shape index (κ3) is 16.3. The van der Waals surface area contributed by atoms with Crippen molar-refractivity contribution >= 4 is 5.78 Å². The number of hydrogen-bond donors (Lipinski definition) is 3. The molecule has 0 heterocycles. The zero-order valence-corrected chi connectivity index (χ0v) is 7.82. The molecule has 0 amide bonds. The van der Waals surface area contributed by atoms with E-state index in [0.29, 0.717) is 6.42 Å². The molecule has 0 aliphatic rings. The van der Waals surface area contributed by atoms with Crippen molar-refractivity contribution in [1.29, 1.82) is 0 Å². The molecule has 0 fully saturated rings. The first kappa shape index (κ1) is 14.1. The SMILES string of the molecule is CC(=O)C(C)O.CCCC(O)O. The topological polar surface area (TPSA) is 77.8 Å². The van der Waals surface area contributed by atoms with E-state index >= 15 is 0 Å². The Kier molecular flexibility index (Phi) is 10.2. The lowest BCUT2D eigenvalue weighted by Crippen LogP contribution is -2.10. The lowest BCUT2D eigenvalue weighted by Gasteiger charge is -1.94. The molecule has 1 unspecified atom stereocenters. The van der Waals surface area contributed by atoms with Gasteiger partial charge in [-0.2, -0.15) is 0 Å². The number of rotatable bonds is 3. The monoisotopic (exact) mass is 178 g/mol. The molecule has 0 radical (unpaired) electrons. The standard InChI is InChI=1S/C4H8O2.C4H10O2/c1-3(5)4(2)6;1-2-3-4(5)6/h3,5H,1-2H3;4-6H,2-3H2,1H3. The van der Waals surface area contributed by atoms with E-state index in [1.165, 1.54) is 13.8 Å².